The molecule has 2 nitrogen and oxygen atoms in total. The molecule has 0 bridgehead atoms. The van der Waals surface area contributed by atoms with Crippen molar-refractivity contribution in [2.45, 2.75) is 17.4 Å². The van der Waals surface area contributed by atoms with Gasteiger partial charge in [0.05, 0.1) is 11.7 Å². The first-order valence-electron chi connectivity index (χ1n) is 6.03. The highest BCUT2D eigenvalue weighted by atomic mass is 79.9. The van der Waals surface area contributed by atoms with Gasteiger partial charge in [-0.3, -0.25) is 0 Å². The van der Waals surface area contributed by atoms with Crippen LogP contribution in [-0.2, 0) is 0 Å². The molecule has 0 amide bonds. The number of nitrogens with zero attached hydrogens (tertiary/aromatic N) is 1. The van der Waals surface area contributed by atoms with Crippen molar-refractivity contribution in [2.75, 3.05) is 11.1 Å². The zero-order valence-electron chi connectivity index (χ0n) is 10.1. The number of fused-ring (bicyclic) bond motifs is 1. The van der Waals surface area contributed by atoms with E-state index < -0.39 is 0 Å². The van der Waals surface area contributed by atoms with E-state index in [1.54, 1.807) is 6.20 Å². The molecule has 1 aromatic heterocycles. The van der Waals surface area contributed by atoms with Crippen molar-refractivity contribution in [1.29, 1.82) is 0 Å². The predicted octanol–water partition coefficient (Wildman–Crippen LogP) is 5.15. The van der Waals surface area contributed by atoms with Crippen LogP contribution in [0.3, 0.4) is 0 Å². The van der Waals surface area contributed by atoms with Crippen LogP contribution in [0.2, 0.25) is 5.15 Å². The number of pyridine rings is 1. The molecule has 1 aliphatic rings. The molecule has 19 heavy (non-hydrogen) atoms. The quantitative estimate of drug-likeness (QED) is 0.754. The van der Waals surface area contributed by atoms with Gasteiger partial charge in [0.1, 0.15) is 0 Å². The Kier molecular flexibility index (Phi) is 4.01. The summed E-state index contributed by atoms with van der Waals surface area (Å²) in [7, 11) is 0. The molecular weight excluding hydrogens is 344 g/mol. The van der Waals surface area contributed by atoms with Crippen LogP contribution >= 0.6 is 39.3 Å². The second kappa shape index (κ2) is 5.73. The topological polar surface area (TPSA) is 24.9 Å². The van der Waals surface area contributed by atoms with Crippen LogP contribution in [0.25, 0.3) is 0 Å². The van der Waals surface area contributed by atoms with E-state index in [1.807, 2.05) is 17.8 Å². The summed E-state index contributed by atoms with van der Waals surface area (Å²) in [5, 5.41) is 4.02. The van der Waals surface area contributed by atoms with Gasteiger partial charge in [-0.25, -0.2) is 4.98 Å². The molecule has 2 heterocycles. The zero-order valence-corrected chi connectivity index (χ0v) is 13.2. The summed E-state index contributed by atoms with van der Waals surface area (Å²) in [6.07, 6.45) is 2.79. The highest BCUT2D eigenvalue weighted by Gasteiger charge is 2.20. The van der Waals surface area contributed by atoms with Crippen LogP contribution in [0, 0.1) is 0 Å². The summed E-state index contributed by atoms with van der Waals surface area (Å²) in [5.74, 6) is 1.12. The summed E-state index contributed by atoms with van der Waals surface area (Å²) in [6, 6.07) is 10.8. The largest absolute Gasteiger partial charge is 0.376 e. The second-order valence-corrected chi connectivity index (χ2v) is 6.77. The number of hydrogen-bond acceptors (Lipinski definition) is 3. The minimum absolute atomic E-state index is 0.297. The third-order valence-electron chi connectivity index (χ3n) is 3.09. The molecule has 1 N–H and O–H groups in total. The van der Waals surface area contributed by atoms with E-state index in [-0.39, 0.29) is 0 Å². The van der Waals surface area contributed by atoms with E-state index in [0.29, 0.717) is 11.2 Å². The second-order valence-electron chi connectivity index (χ2n) is 4.36. The van der Waals surface area contributed by atoms with Crippen molar-refractivity contribution in [3.05, 3.63) is 51.7 Å². The third-order valence-corrected chi connectivity index (χ3v) is 4.95. The molecular formula is C14H12BrClN2S. The van der Waals surface area contributed by atoms with Crippen LogP contribution in [0.15, 0.2) is 45.9 Å². The van der Waals surface area contributed by atoms with Gasteiger partial charge in [-0.05, 0) is 40.0 Å². The van der Waals surface area contributed by atoms with E-state index in [4.69, 9.17) is 11.6 Å². The Morgan fingerprint density at radius 1 is 1.37 bits per heavy atom. The van der Waals surface area contributed by atoms with Crippen molar-refractivity contribution in [3.8, 4) is 0 Å². The van der Waals surface area contributed by atoms with Crippen LogP contribution in [0.4, 0.5) is 5.69 Å². The first kappa shape index (κ1) is 13.3. The van der Waals surface area contributed by atoms with Crippen molar-refractivity contribution >= 4 is 45.0 Å². The molecule has 1 atom stereocenters. The van der Waals surface area contributed by atoms with E-state index in [9.17, 15) is 0 Å². The fourth-order valence-corrected chi connectivity index (χ4v) is 3.82. The number of halogens is 2. The van der Waals surface area contributed by atoms with Crippen molar-refractivity contribution in [3.63, 3.8) is 0 Å². The standard InChI is InChI=1S/C14H12BrClN2S/c15-9-7-12(14(16)17-8-9)18-11-5-6-19-13-4-2-1-3-10(11)13/h1-4,7-8,11,18H,5-6H2. The van der Waals surface area contributed by atoms with E-state index in [0.717, 1.165) is 22.3 Å². The van der Waals surface area contributed by atoms with Gasteiger partial charge in [0.25, 0.3) is 0 Å². The number of aromatic nitrogens is 1. The number of nitrogens with one attached hydrogen (secondary N) is 1. The number of rotatable bonds is 2. The minimum atomic E-state index is 0.297. The number of thioether (sulfide) groups is 1. The normalized spacial score (nSPS) is 17.9. The van der Waals surface area contributed by atoms with E-state index in [1.165, 1.54) is 10.5 Å². The average molecular weight is 356 g/mol. The lowest BCUT2D eigenvalue weighted by molar-refractivity contribution is 0.728. The van der Waals surface area contributed by atoms with E-state index in [2.05, 4.69) is 50.5 Å². The van der Waals surface area contributed by atoms with Crippen molar-refractivity contribution < 1.29 is 0 Å². The molecule has 1 aromatic carbocycles. The van der Waals surface area contributed by atoms with Crippen molar-refractivity contribution in [1.82, 2.24) is 4.98 Å². The van der Waals surface area contributed by atoms with Crippen LogP contribution < -0.4 is 5.32 Å². The zero-order chi connectivity index (χ0) is 13.2. The molecule has 98 valence electrons. The summed E-state index contributed by atoms with van der Waals surface area (Å²) < 4.78 is 0.929. The lowest BCUT2D eigenvalue weighted by Gasteiger charge is -2.27. The Balaban J connectivity index is 1.90. The van der Waals surface area contributed by atoms with Crippen molar-refractivity contribution in [2.24, 2.45) is 0 Å². The van der Waals surface area contributed by atoms with Gasteiger partial charge in [-0.15, -0.1) is 11.8 Å². The molecule has 5 heteroatoms. The fourth-order valence-electron chi connectivity index (χ4n) is 2.20. The Morgan fingerprint density at radius 3 is 3.11 bits per heavy atom. The molecule has 0 saturated carbocycles. The maximum Gasteiger partial charge on any atom is 0.152 e. The maximum absolute atomic E-state index is 6.14. The molecule has 1 aliphatic heterocycles. The Morgan fingerprint density at radius 2 is 2.21 bits per heavy atom. The number of hydrogen-bond donors (Lipinski definition) is 1. The summed E-state index contributed by atoms with van der Waals surface area (Å²) in [4.78, 5) is 5.50. The highest BCUT2D eigenvalue weighted by molar-refractivity contribution is 9.10. The van der Waals surface area contributed by atoms with E-state index >= 15 is 0 Å². The van der Waals surface area contributed by atoms with Gasteiger partial charge in [0, 0.05) is 21.3 Å². The summed E-state index contributed by atoms with van der Waals surface area (Å²) in [6.45, 7) is 0. The molecule has 0 spiro atoms. The third kappa shape index (κ3) is 2.91. The van der Waals surface area contributed by atoms with Gasteiger partial charge >= 0.3 is 0 Å². The Hall–Kier alpha value is -0.710. The first-order valence-corrected chi connectivity index (χ1v) is 8.19. The molecule has 3 rings (SSSR count). The number of benzene rings is 1. The number of anilines is 1. The molecule has 0 aliphatic carbocycles. The highest BCUT2D eigenvalue weighted by Crippen LogP contribution is 2.38. The summed E-state index contributed by atoms with van der Waals surface area (Å²) >= 11 is 11.5. The van der Waals surface area contributed by atoms with Gasteiger partial charge in [0.15, 0.2) is 5.15 Å². The van der Waals surface area contributed by atoms with Crippen LogP contribution in [-0.4, -0.2) is 10.7 Å². The smallest absolute Gasteiger partial charge is 0.152 e. The summed E-state index contributed by atoms with van der Waals surface area (Å²) in [5.41, 5.74) is 2.22. The average Bonchev–Trinajstić information content (AvgIpc) is 2.43. The Bertz CT molecular complexity index is 606. The first-order chi connectivity index (χ1) is 9.24. The van der Waals surface area contributed by atoms with Gasteiger partial charge in [-0.2, -0.15) is 0 Å². The lowest BCUT2D eigenvalue weighted by Crippen LogP contribution is -2.16. The fraction of sp³-hybridized carbons (Fsp3) is 0.214. The lowest BCUT2D eigenvalue weighted by atomic mass is 10.0. The molecule has 2 aromatic rings. The molecule has 0 fully saturated rings. The van der Waals surface area contributed by atoms with Gasteiger partial charge < -0.3 is 5.32 Å². The van der Waals surface area contributed by atoms with Gasteiger partial charge in [0.2, 0.25) is 0 Å². The van der Waals surface area contributed by atoms with Gasteiger partial charge in [-0.1, -0.05) is 29.8 Å². The van der Waals surface area contributed by atoms with Crippen LogP contribution in [0.5, 0.6) is 0 Å². The minimum Gasteiger partial charge on any atom is -0.376 e. The Labute approximate surface area is 130 Å². The maximum atomic E-state index is 6.14. The monoisotopic (exact) mass is 354 g/mol. The molecule has 0 radical (unpaired) electrons. The molecule has 0 saturated heterocycles. The van der Waals surface area contributed by atoms with Crippen LogP contribution in [0.1, 0.15) is 18.0 Å². The molecule has 1 unspecified atom stereocenters. The SMILES string of the molecule is Clc1ncc(Br)cc1NC1CCSc2ccccc21. The predicted molar refractivity (Wildman–Crippen MR) is 85.1 cm³/mol.